The summed E-state index contributed by atoms with van der Waals surface area (Å²) >= 11 is 0. The van der Waals surface area contributed by atoms with Crippen molar-refractivity contribution in [3.63, 3.8) is 0 Å². The van der Waals surface area contributed by atoms with Crippen LogP contribution in [0.15, 0.2) is 72.8 Å². The van der Waals surface area contributed by atoms with Crippen LogP contribution >= 0.6 is 0 Å². The molecule has 4 aliphatic rings. The van der Waals surface area contributed by atoms with Gasteiger partial charge in [-0.15, -0.1) is 0 Å². The van der Waals surface area contributed by atoms with Gasteiger partial charge in [0.2, 0.25) is 0 Å². The molecule has 0 unspecified atom stereocenters. The molecule has 38 heavy (non-hydrogen) atoms. The minimum atomic E-state index is 0.0763. The molecular formula is C32H32O6. The third-order valence-corrected chi connectivity index (χ3v) is 6.82. The summed E-state index contributed by atoms with van der Waals surface area (Å²) < 4.78 is 28.5. The van der Waals surface area contributed by atoms with E-state index < -0.39 is 0 Å². The lowest BCUT2D eigenvalue weighted by Gasteiger charge is -2.19. The van der Waals surface area contributed by atoms with Crippen LogP contribution in [0.1, 0.15) is 22.3 Å². The summed E-state index contributed by atoms with van der Waals surface area (Å²) in [4.78, 5) is 0. The first-order valence-corrected chi connectivity index (χ1v) is 12.7. The molecule has 0 amide bonds. The fraction of sp³-hybridized carbons (Fsp3) is 0.250. The van der Waals surface area contributed by atoms with E-state index in [4.69, 9.17) is 23.7 Å². The Balaban J connectivity index is 1.64. The van der Waals surface area contributed by atoms with Crippen LogP contribution < -0.4 is 18.9 Å². The van der Waals surface area contributed by atoms with Crippen molar-refractivity contribution in [1.29, 1.82) is 0 Å². The van der Waals surface area contributed by atoms with Crippen LogP contribution in [0.2, 0.25) is 0 Å². The van der Waals surface area contributed by atoms with Crippen molar-refractivity contribution >= 4 is 0 Å². The smallest absolute Gasteiger partial charge is 0.188 e. The summed E-state index contributed by atoms with van der Waals surface area (Å²) in [6, 6.07) is 23.8. The van der Waals surface area contributed by atoms with Gasteiger partial charge in [-0.05, 0) is 102 Å². The molecule has 6 heteroatoms. The normalized spacial score (nSPS) is 12.7. The first kappa shape index (κ1) is 25.5. The number of aromatic hydroxyl groups is 1. The Kier molecular flexibility index (Phi) is 7.70. The van der Waals surface area contributed by atoms with E-state index in [1.165, 1.54) is 5.56 Å². The van der Waals surface area contributed by atoms with Crippen LogP contribution in [-0.2, 0) is 30.4 Å². The highest BCUT2D eigenvalue weighted by molar-refractivity contribution is 5.80. The zero-order valence-electron chi connectivity index (χ0n) is 22.0. The summed E-state index contributed by atoms with van der Waals surface area (Å²) in [6.45, 7) is 0.0763. The first-order chi connectivity index (χ1) is 18.6. The topological polar surface area (TPSA) is 66.4 Å². The van der Waals surface area contributed by atoms with Crippen molar-refractivity contribution in [1.82, 2.24) is 0 Å². The van der Waals surface area contributed by atoms with Crippen LogP contribution in [0, 0.1) is 0 Å². The number of phenolic OH excluding ortho intramolecular Hbond substituents is 1. The first-order valence-electron chi connectivity index (χ1n) is 12.7. The fourth-order valence-electron chi connectivity index (χ4n) is 4.83. The molecule has 8 rings (SSSR count). The van der Waals surface area contributed by atoms with E-state index in [1.807, 2.05) is 60.7 Å². The molecule has 6 nitrogen and oxygen atoms in total. The van der Waals surface area contributed by atoms with Crippen LogP contribution in [0.3, 0.4) is 0 Å². The molecular weight excluding hydrogens is 480 g/mol. The maximum Gasteiger partial charge on any atom is 0.188 e. The summed E-state index contributed by atoms with van der Waals surface area (Å²) in [5, 5.41) is 11.3. The number of methoxy groups -OCH3 is 3. The number of aryl methyl sites for hydroxylation is 4. The van der Waals surface area contributed by atoms with E-state index in [0.717, 1.165) is 53.0 Å². The Labute approximate surface area is 223 Å². The van der Waals surface area contributed by atoms with Crippen LogP contribution in [0.4, 0.5) is 0 Å². The van der Waals surface area contributed by atoms with E-state index >= 15 is 0 Å². The number of hydrogen-bond donors (Lipinski definition) is 1. The number of rotatable bonds is 5. The molecule has 4 aromatic rings. The molecule has 4 heterocycles. The van der Waals surface area contributed by atoms with E-state index in [9.17, 15) is 5.11 Å². The molecule has 0 aromatic heterocycles. The van der Waals surface area contributed by atoms with E-state index in [2.05, 4.69) is 12.1 Å². The third kappa shape index (κ3) is 5.55. The second kappa shape index (κ2) is 11.5. The molecule has 0 fully saturated rings. The minimum absolute atomic E-state index is 0.0763. The molecule has 0 aliphatic carbocycles. The van der Waals surface area contributed by atoms with Gasteiger partial charge in [0.1, 0.15) is 23.0 Å². The highest BCUT2D eigenvalue weighted by atomic mass is 16.7. The Hall–Kier alpha value is -4.16. The summed E-state index contributed by atoms with van der Waals surface area (Å²) in [7, 11) is 4.88. The maximum atomic E-state index is 11.3. The molecule has 0 spiro atoms. The SMILES string of the molecule is COCOc1cc2cc(O)c1-c1ccc(OC)cc1CCc1ccc(cc1)Oc1cc(ccc1OC)CC2. The van der Waals surface area contributed by atoms with E-state index in [-0.39, 0.29) is 12.5 Å². The largest absolute Gasteiger partial charge is 0.507 e. The Morgan fingerprint density at radius 2 is 1.47 bits per heavy atom. The monoisotopic (exact) mass is 512 g/mol. The van der Waals surface area contributed by atoms with Gasteiger partial charge in [0.25, 0.3) is 0 Å². The molecule has 0 atom stereocenters. The van der Waals surface area contributed by atoms with Gasteiger partial charge in [0, 0.05) is 7.11 Å². The zero-order chi connectivity index (χ0) is 26.5. The van der Waals surface area contributed by atoms with Crippen LogP contribution in [-0.4, -0.2) is 33.2 Å². The summed E-state index contributed by atoms with van der Waals surface area (Å²) in [5.74, 6) is 3.62. The molecule has 0 saturated carbocycles. The molecule has 6 bridgehead atoms. The van der Waals surface area contributed by atoms with Crippen molar-refractivity contribution in [3.8, 4) is 45.6 Å². The van der Waals surface area contributed by atoms with Crippen LogP contribution in [0.5, 0.6) is 34.5 Å². The summed E-state index contributed by atoms with van der Waals surface area (Å²) in [6.07, 6.45) is 2.99. The number of phenols is 1. The van der Waals surface area contributed by atoms with Crippen molar-refractivity contribution in [3.05, 3.63) is 95.1 Å². The van der Waals surface area contributed by atoms with E-state index in [1.54, 1.807) is 21.3 Å². The predicted octanol–water partition coefficient (Wildman–Crippen LogP) is 6.74. The number of benzene rings is 4. The second-order valence-electron chi connectivity index (χ2n) is 9.29. The Morgan fingerprint density at radius 3 is 2.24 bits per heavy atom. The standard InChI is InChI=1S/C32H32O6/c1-34-20-37-31-18-23-5-4-22-9-15-29(36-3)30(17-22)38-25-11-7-21(8-12-25)6-10-24-19-26(35-2)13-14-27(24)32(31)28(33)16-23/h7-9,11-19,33H,4-6,10,20H2,1-3H3. The highest BCUT2D eigenvalue weighted by Gasteiger charge is 2.19. The van der Waals surface area contributed by atoms with Crippen molar-refractivity contribution < 1.29 is 28.8 Å². The van der Waals surface area contributed by atoms with Gasteiger partial charge in [0.05, 0.1) is 19.8 Å². The van der Waals surface area contributed by atoms with Gasteiger partial charge >= 0.3 is 0 Å². The second-order valence-corrected chi connectivity index (χ2v) is 9.29. The predicted molar refractivity (Wildman–Crippen MR) is 147 cm³/mol. The van der Waals surface area contributed by atoms with Gasteiger partial charge in [-0.25, -0.2) is 0 Å². The molecule has 4 aliphatic heterocycles. The molecule has 4 aromatic carbocycles. The minimum Gasteiger partial charge on any atom is -0.507 e. The van der Waals surface area contributed by atoms with E-state index in [0.29, 0.717) is 29.2 Å². The number of hydrogen-bond acceptors (Lipinski definition) is 6. The lowest BCUT2D eigenvalue weighted by molar-refractivity contribution is 0.0513. The summed E-state index contributed by atoms with van der Waals surface area (Å²) in [5.41, 5.74) is 5.83. The average molecular weight is 513 g/mol. The van der Waals surface area contributed by atoms with Crippen LogP contribution in [0.25, 0.3) is 11.1 Å². The van der Waals surface area contributed by atoms with Gasteiger partial charge in [-0.2, -0.15) is 0 Å². The van der Waals surface area contributed by atoms with Gasteiger partial charge in [-0.3, -0.25) is 0 Å². The fourth-order valence-corrected chi connectivity index (χ4v) is 4.83. The average Bonchev–Trinajstić information content (AvgIpc) is 2.94. The lowest BCUT2D eigenvalue weighted by atomic mass is 9.92. The van der Waals surface area contributed by atoms with Gasteiger partial charge in [0.15, 0.2) is 18.3 Å². The van der Waals surface area contributed by atoms with Crippen molar-refractivity contribution in [2.45, 2.75) is 25.7 Å². The molecule has 1 N–H and O–H groups in total. The van der Waals surface area contributed by atoms with Gasteiger partial charge in [-0.1, -0.05) is 24.3 Å². The Morgan fingerprint density at radius 1 is 0.711 bits per heavy atom. The zero-order valence-corrected chi connectivity index (χ0v) is 22.0. The molecule has 0 saturated heterocycles. The molecule has 0 radical (unpaired) electrons. The molecule has 196 valence electrons. The van der Waals surface area contributed by atoms with Gasteiger partial charge < -0.3 is 28.8 Å². The highest BCUT2D eigenvalue weighted by Crippen LogP contribution is 2.42. The quantitative estimate of drug-likeness (QED) is 0.299. The lowest BCUT2D eigenvalue weighted by Crippen LogP contribution is -2.04. The third-order valence-electron chi connectivity index (χ3n) is 6.82. The van der Waals surface area contributed by atoms with Crippen molar-refractivity contribution in [2.75, 3.05) is 28.1 Å². The maximum absolute atomic E-state index is 11.3. The van der Waals surface area contributed by atoms with Crippen molar-refractivity contribution in [2.24, 2.45) is 0 Å². The number of ether oxygens (including phenoxy) is 5. The Bertz CT molecular complexity index is 1410.